The number of carbonyl (C=O) groups excluding carboxylic acids is 1. The van der Waals surface area contributed by atoms with Crippen molar-refractivity contribution in [3.8, 4) is 0 Å². The van der Waals surface area contributed by atoms with Crippen molar-refractivity contribution >= 4 is 33.4 Å². The summed E-state index contributed by atoms with van der Waals surface area (Å²) in [4.78, 5) is 12.2. The van der Waals surface area contributed by atoms with E-state index in [2.05, 4.69) is 21.2 Å². The van der Waals surface area contributed by atoms with Crippen LogP contribution in [0.2, 0.25) is 5.02 Å². The topological polar surface area (TPSA) is 38.3 Å². The van der Waals surface area contributed by atoms with Crippen LogP contribution in [0.5, 0.6) is 0 Å². The number of alkyl halides is 1. The van der Waals surface area contributed by atoms with Gasteiger partial charge in [-0.25, -0.2) is 0 Å². The number of ether oxygens (including phenoxy) is 1. The molecule has 0 aliphatic carbocycles. The van der Waals surface area contributed by atoms with Crippen LogP contribution in [-0.4, -0.2) is 31.0 Å². The van der Waals surface area contributed by atoms with E-state index in [9.17, 15) is 4.79 Å². The van der Waals surface area contributed by atoms with Gasteiger partial charge in [-0.1, -0.05) is 33.6 Å². The average Bonchev–Trinajstić information content (AvgIpc) is 2.33. The van der Waals surface area contributed by atoms with Crippen LogP contribution in [0, 0.1) is 6.92 Å². The lowest BCUT2D eigenvalue weighted by atomic mass is 10.1. The molecular formula is C13H17BrClNO2. The molecule has 0 saturated carbocycles. The molecule has 0 aliphatic heterocycles. The quantitative estimate of drug-likeness (QED) is 0.812. The maximum Gasteiger partial charge on any atom is 0.251 e. The second-order valence-electron chi connectivity index (χ2n) is 4.01. The first-order valence-electron chi connectivity index (χ1n) is 5.72. The van der Waals surface area contributed by atoms with E-state index in [1.807, 2.05) is 6.92 Å². The van der Waals surface area contributed by atoms with E-state index < -0.39 is 0 Å². The number of hydrogen-bond donors (Lipinski definition) is 1. The fourth-order valence-electron chi connectivity index (χ4n) is 1.56. The van der Waals surface area contributed by atoms with Crippen molar-refractivity contribution in [2.24, 2.45) is 0 Å². The Kier molecular flexibility index (Phi) is 6.68. The number of hydrogen-bond acceptors (Lipinski definition) is 2. The Morgan fingerprint density at radius 3 is 2.94 bits per heavy atom. The number of amides is 1. The maximum atomic E-state index is 11.9. The maximum absolute atomic E-state index is 11.9. The first kappa shape index (κ1) is 15.5. The van der Waals surface area contributed by atoms with Gasteiger partial charge in [-0.3, -0.25) is 4.79 Å². The lowest BCUT2D eigenvalue weighted by molar-refractivity contribution is 0.0951. The first-order valence-corrected chi connectivity index (χ1v) is 7.02. The molecule has 3 nitrogen and oxygen atoms in total. The monoisotopic (exact) mass is 333 g/mol. The predicted molar refractivity (Wildman–Crippen MR) is 77.7 cm³/mol. The lowest BCUT2D eigenvalue weighted by Gasteiger charge is -2.11. The highest BCUT2D eigenvalue weighted by Crippen LogP contribution is 2.18. The van der Waals surface area contributed by atoms with Gasteiger partial charge in [-0.05, 0) is 31.0 Å². The van der Waals surface area contributed by atoms with Gasteiger partial charge in [0.05, 0.1) is 6.61 Å². The van der Waals surface area contributed by atoms with E-state index >= 15 is 0 Å². The zero-order valence-corrected chi connectivity index (χ0v) is 12.8. The second-order valence-corrected chi connectivity index (χ2v) is 5.71. The van der Waals surface area contributed by atoms with Crippen LogP contribution in [-0.2, 0) is 4.74 Å². The Hall–Kier alpha value is -0.580. The summed E-state index contributed by atoms with van der Waals surface area (Å²) in [5.41, 5.74) is 1.43. The number of nitrogens with one attached hydrogen (secondary N) is 1. The Balaban J connectivity index is 2.48. The van der Waals surface area contributed by atoms with E-state index in [-0.39, 0.29) is 10.7 Å². The third-order valence-corrected chi connectivity index (χ3v) is 3.73. The summed E-state index contributed by atoms with van der Waals surface area (Å²) in [5, 5.41) is 3.48. The molecule has 0 radical (unpaired) electrons. The molecule has 18 heavy (non-hydrogen) atoms. The fraction of sp³-hybridized carbons (Fsp3) is 0.462. The molecule has 1 atom stereocenters. The van der Waals surface area contributed by atoms with Crippen LogP contribution in [0.4, 0.5) is 0 Å². The van der Waals surface area contributed by atoms with Gasteiger partial charge >= 0.3 is 0 Å². The summed E-state index contributed by atoms with van der Waals surface area (Å²) in [6, 6.07) is 5.33. The van der Waals surface area contributed by atoms with E-state index in [0.29, 0.717) is 23.7 Å². The molecule has 0 spiro atoms. The molecule has 0 fully saturated rings. The minimum Gasteiger partial charge on any atom is -0.384 e. The molecule has 5 heteroatoms. The van der Waals surface area contributed by atoms with Gasteiger partial charge in [0.2, 0.25) is 0 Å². The van der Waals surface area contributed by atoms with Crippen LogP contribution in [0.1, 0.15) is 22.3 Å². The predicted octanol–water partition coefficient (Wildman–Crippen LogP) is 3.18. The van der Waals surface area contributed by atoms with E-state index in [0.717, 1.165) is 12.0 Å². The van der Waals surface area contributed by atoms with Crippen LogP contribution < -0.4 is 5.32 Å². The minimum absolute atomic E-state index is 0.0906. The van der Waals surface area contributed by atoms with Gasteiger partial charge in [0.15, 0.2) is 0 Å². The van der Waals surface area contributed by atoms with Crippen molar-refractivity contribution in [3.05, 3.63) is 34.3 Å². The molecule has 1 amide bonds. The minimum atomic E-state index is -0.0906. The van der Waals surface area contributed by atoms with Crippen molar-refractivity contribution < 1.29 is 9.53 Å². The van der Waals surface area contributed by atoms with E-state index in [1.54, 1.807) is 25.3 Å². The lowest BCUT2D eigenvalue weighted by Crippen LogP contribution is -2.27. The Bertz CT molecular complexity index is 412. The first-order chi connectivity index (χ1) is 8.56. The van der Waals surface area contributed by atoms with Gasteiger partial charge in [0, 0.05) is 29.1 Å². The van der Waals surface area contributed by atoms with E-state index in [4.69, 9.17) is 16.3 Å². The molecule has 1 aromatic rings. The van der Waals surface area contributed by atoms with Crippen molar-refractivity contribution in [2.75, 3.05) is 20.3 Å². The van der Waals surface area contributed by atoms with Gasteiger partial charge in [-0.15, -0.1) is 0 Å². The van der Waals surface area contributed by atoms with Crippen LogP contribution in [0.3, 0.4) is 0 Å². The molecule has 1 unspecified atom stereocenters. The molecule has 100 valence electrons. The number of rotatable bonds is 6. The molecule has 1 aromatic carbocycles. The third-order valence-electron chi connectivity index (χ3n) is 2.60. The van der Waals surface area contributed by atoms with Gasteiger partial charge < -0.3 is 10.1 Å². The molecule has 0 aliphatic rings. The number of halogens is 2. The molecule has 0 aromatic heterocycles. The fourth-order valence-corrected chi connectivity index (χ4v) is 2.22. The molecular weight excluding hydrogens is 318 g/mol. The van der Waals surface area contributed by atoms with Gasteiger partial charge in [-0.2, -0.15) is 0 Å². The number of methoxy groups -OCH3 is 1. The Morgan fingerprint density at radius 2 is 2.28 bits per heavy atom. The summed E-state index contributed by atoms with van der Waals surface area (Å²) in [5.74, 6) is -0.0906. The van der Waals surface area contributed by atoms with Crippen LogP contribution >= 0.6 is 27.5 Å². The SMILES string of the molecule is COCC(Br)CCNC(=O)c1cccc(Cl)c1C. The van der Waals surface area contributed by atoms with Crippen molar-refractivity contribution in [1.82, 2.24) is 5.32 Å². The number of benzene rings is 1. The summed E-state index contributed by atoms with van der Waals surface area (Å²) in [6.45, 7) is 3.07. The van der Waals surface area contributed by atoms with Gasteiger partial charge in [0.1, 0.15) is 0 Å². The average molecular weight is 335 g/mol. The van der Waals surface area contributed by atoms with Gasteiger partial charge in [0.25, 0.3) is 5.91 Å². The van der Waals surface area contributed by atoms with Crippen LogP contribution in [0.15, 0.2) is 18.2 Å². The molecule has 1 rings (SSSR count). The second kappa shape index (κ2) is 7.77. The summed E-state index contributed by atoms with van der Waals surface area (Å²) < 4.78 is 5.00. The summed E-state index contributed by atoms with van der Waals surface area (Å²) in [6.07, 6.45) is 0.819. The molecule has 0 bridgehead atoms. The summed E-state index contributed by atoms with van der Waals surface area (Å²) in [7, 11) is 1.65. The standard InChI is InChI=1S/C13H17BrClNO2/c1-9-11(4-3-5-12(9)15)13(17)16-7-6-10(14)8-18-2/h3-5,10H,6-8H2,1-2H3,(H,16,17). The van der Waals surface area contributed by atoms with Crippen LogP contribution in [0.25, 0.3) is 0 Å². The van der Waals surface area contributed by atoms with Crippen molar-refractivity contribution in [3.63, 3.8) is 0 Å². The molecule has 1 N–H and O–H groups in total. The molecule has 0 heterocycles. The normalized spacial score (nSPS) is 12.2. The Morgan fingerprint density at radius 1 is 1.56 bits per heavy atom. The molecule has 0 saturated heterocycles. The highest BCUT2D eigenvalue weighted by atomic mass is 79.9. The third kappa shape index (κ3) is 4.59. The largest absolute Gasteiger partial charge is 0.384 e. The highest BCUT2D eigenvalue weighted by molar-refractivity contribution is 9.09. The zero-order valence-electron chi connectivity index (χ0n) is 10.5. The number of carbonyl (C=O) groups is 1. The van der Waals surface area contributed by atoms with Crippen molar-refractivity contribution in [2.45, 2.75) is 18.2 Å². The summed E-state index contributed by atoms with van der Waals surface area (Å²) >= 11 is 9.45. The Labute approximate surface area is 121 Å². The zero-order chi connectivity index (χ0) is 13.5. The van der Waals surface area contributed by atoms with E-state index in [1.165, 1.54) is 0 Å². The van der Waals surface area contributed by atoms with Crippen molar-refractivity contribution in [1.29, 1.82) is 0 Å². The highest BCUT2D eigenvalue weighted by Gasteiger charge is 2.11. The smallest absolute Gasteiger partial charge is 0.251 e.